The van der Waals surface area contributed by atoms with Crippen LogP contribution >= 0.6 is 23.4 Å². The Kier molecular flexibility index (Phi) is 5.68. The number of thioether (sulfide) groups is 1. The number of nitrogens with zero attached hydrogens (tertiary/aromatic N) is 4. The Bertz CT molecular complexity index is 660. The zero-order valence-corrected chi connectivity index (χ0v) is 14.2. The molecule has 2 rings (SSSR count). The van der Waals surface area contributed by atoms with E-state index in [1.165, 1.54) is 11.8 Å². The van der Waals surface area contributed by atoms with Gasteiger partial charge in [-0.1, -0.05) is 35.5 Å². The molecular formula is C14H17ClN4O2S. The molecule has 0 atom stereocenters. The molecule has 8 heteroatoms. The zero-order valence-electron chi connectivity index (χ0n) is 12.6. The number of benzene rings is 1. The number of aromatic nitrogens is 3. The van der Waals surface area contributed by atoms with E-state index in [1.54, 1.807) is 31.1 Å². The molecular weight excluding hydrogens is 324 g/mol. The number of carbonyl (C=O) groups is 1. The number of ether oxygens (including phenoxy) is 1. The number of carbonyl (C=O) groups excluding carboxylic acids is 1. The van der Waals surface area contributed by atoms with Gasteiger partial charge in [0.25, 0.3) is 0 Å². The molecule has 1 amide bonds. The second-order valence-corrected chi connectivity index (χ2v) is 6.10. The molecule has 1 aromatic carbocycles. The molecule has 2 aromatic rings. The molecule has 0 bridgehead atoms. The molecule has 0 aliphatic heterocycles. The summed E-state index contributed by atoms with van der Waals surface area (Å²) in [6.07, 6.45) is 0. The first-order chi connectivity index (χ1) is 10.5. The molecule has 0 saturated heterocycles. The van der Waals surface area contributed by atoms with Crippen molar-refractivity contribution in [2.24, 2.45) is 7.05 Å². The van der Waals surface area contributed by atoms with Gasteiger partial charge < -0.3 is 14.2 Å². The van der Waals surface area contributed by atoms with Gasteiger partial charge >= 0.3 is 0 Å². The number of hydrogen-bond donors (Lipinski definition) is 0. The maximum atomic E-state index is 11.6. The summed E-state index contributed by atoms with van der Waals surface area (Å²) in [4.78, 5) is 13.1. The van der Waals surface area contributed by atoms with Gasteiger partial charge in [0.2, 0.25) is 5.91 Å². The van der Waals surface area contributed by atoms with E-state index in [-0.39, 0.29) is 12.5 Å². The summed E-state index contributed by atoms with van der Waals surface area (Å²) >= 11 is 7.38. The topological polar surface area (TPSA) is 60.3 Å². The van der Waals surface area contributed by atoms with Crippen LogP contribution in [0, 0.1) is 0 Å². The summed E-state index contributed by atoms with van der Waals surface area (Å²) in [7, 11) is 5.29. The van der Waals surface area contributed by atoms with E-state index in [4.69, 9.17) is 16.3 Å². The number of amides is 1. The van der Waals surface area contributed by atoms with Crippen LogP contribution in [0.15, 0.2) is 29.4 Å². The third-order valence-electron chi connectivity index (χ3n) is 2.94. The first-order valence-corrected chi connectivity index (χ1v) is 7.94. The van der Waals surface area contributed by atoms with Crippen molar-refractivity contribution in [1.82, 2.24) is 19.7 Å². The van der Waals surface area contributed by atoms with E-state index in [9.17, 15) is 4.79 Å². The van der Waals surface area contributed by atoms with Crippen molar-refractivity contribution >= 4 is 29.3 Å². The average molecular weight is 341 g/mol. The van der Waals surface area contributed by atoms with Gasteiger partial charge in [-0.2, -0.15) is 0 Å². The van der Waals surface area contributed by atoms with Gasteiger partial charge in [0.05, 0.1) is 10.8 Å². The minimum Gasteiger partial charge on any atom is -0.484 e. The van der Waals surface area contributed by atoms with Gasteiger partial charge in [-0.3, -0.25) is 4.79 Å². The Morgan fingerprint density at radius 2 is 2.09 bits per heavy atom. The van der Waals surface area contributed by atoms with E-state index in [1.807, 2.05) is 23.7 Å². The van der Waals surface area contributed by atoms with E-state index in [0.717, 1.165) is 0 Å². The van der Waals surface area contributed by atoms with Gasteiger partial charge in [0.15, 0.2) is 11.0 Å². The molecule has 0 unspecified atom stereocenters. The lowest BCUT2D eigenvalue weighted by atomic mass is 10.3. The summed E-state index contributed by atoms with van der Waals surface area (Å²) in [6.45, 7) is 0.259. The summed E-state index contributed by atoms with van der Waals surface area (Å²) in [5.74, 6) is 1.62. The normalized spacial score (nSPS) is 10.5. The molecule has 1 heterocycles. The second-order valence-electron chi connectivity index (χ2n) is 4.75. The maximum absolute atomic E-state index is 11.6. The van der Waals surface area contributed by atoms with Crippen molar-refractivity contribution in [2.75, 3.05) is 19.8 Å². The van der Waals surface area contributed by atoms with Crippen LogP contribution in [-0.4, -0.2) is 45.4 Å². The number of hydrogen-bond acceptors (Lipinski definition) is 5. The molecule has 0 fully saturated rings. The summed E-state index contributed by atoms with van der Waals surface area (Å²) in [6, 6.07) is 7.26. The van der Waals surface area contributed by atoms with Gasteiger partial charge in [-0.05, 0) is 12.1 Å². The Labute approximate surface area is 138 Å². The Balaban J connectivity index is 1.96. The van der Waals surface area contributed by atoms with Crippen LogP contribution in [0.2, 0.25) is 5.02 Å². The monoisotopic (exact) mass is 340 g/mol. The van der Waals surface area contributed by atoms with Crippen molar-refractivity contribution in [3.8, 4) is 5.75 Å². The van der Waals surface area contributed by atoms with Crippen molar-refractivity contribution in [2.45, 2.75) is 11.8 Å². The minimum atomic E-state index is 0.0295. The molecule has 0 aliphatic carbocycles. The van der Waals surface area contributed by atoms with Gasteiger partial charge in [0, 0.05) is 21.1 Å². The first kappa shape index (κ1) is 16.6. The molecule has 0 radical (unpaired) electrons. The summed E-state index contributed by atoms with van der Waals surface area (Å²) < 4.78 is 7.45. The highest BCUT2D eigenvalue weighted by Gasteiger charge is 2.13. The van der Waals surface area contributed by atoms with Crippen LogP contribution in [0.25, 0.3) is 0 Å². The van der Waals surface area contributed by atoms with Gasteiger partial charge in [0.1, 0.15) is 12.4 Å². The van der Waals surface area contributed by atoms with E-state index < -0.39 is 0 Å². The van der Waals surface area contributed by atoms with Crippen molar-refractivity contribution in [1.29, 1.82) is 0 Å². The van der Waals surface area contributed by atoms with E-state index in [0.29, 0.717) is 27.5 Å². The van der Waals surface area contributed by atoms with Gasteiger partial charge in [-0.25, -0.2) is 0 Å². The molecule has 0 aliphatic rings. The van der Waals surface area contributed by atoms with Crippen LogP contribution in [0.5, 0.6) is 5.75 Å². The van der Waals surface area contributed by atoms with Crippen molar-refractivity contribution in [3.63, 3.8) is 0 Å². The quantitative estimate of drug-likeness (QED) is 0.755. The predicted molar refractivity (Wildman–Crippen MR) is 86.2 cm³/mol. The lowest BCUT2D eigenvalue weighted by Gasteiger charge is -2.09. The number of para-hydroxylation sites is 1. The highest BCUT2D eigenvalue weighted by molar-refractivity contribution is 7.99. The summed E-state index contributed by atoms with van der Waals surface area (Å²) in [5.41, 5.74) is 0. The highest BCUT2D eigenvalue weighted by Crippen LogP contribution is 2.24. The number of halogens is 1. The van der Waals surface area contributed by atoms with Crippen LogP contribution in [-0.2, 0) is 18.4 Å². The van der Waals surface area contributed by atoms with Gasteiger partial charge in [-0.15, -0.1) is 10.2 Å². The van der Waals surface area contributed by atoms with Crippen LogP contribution < -0.4 is 4.74 Å². The number of rotatable bonds is 6. The zero-order chi connectivity index (χ0) is 16.1. The standard InChI is InChI=1S/C14H17ClN4O2S/c1-18(2)13(20)9-22-14-17-16-12(19(14)3)8-21-11-7-5-4-6-10(11)15/h4-7H,8-9H2,1-3H3. The molecule has 22 heavy (non-hydrogen) atoms. The molecule has 0 saturated carbocycles. The molecule has 118 valence electrons. The lowest BCUT2D eigenvalue weighted by Crippen LogP contribution is -2.23. The maximum Gasteiger partial charge on any atom is 0.232 e. The fourth-order valence-electron chi connectivity index (χ4n) is 1.56. The smallest absolute Gasteiger partial charge is 0.232 e. The molecule has 1 aromatic heterocycles. The SMILES string of the molecule is CN(C)C(=O)CSc1nnc(COc2ccccc2Cl)n1C. The molecule has 0 spiro atoms. The Morgan fingerprint density at radius 3 is 2.77 bits per heavy atom. The minimum absolute atomic E-state index is 0.0295. The van der Waals surface area contributed by atoms with Crippen molar-refractivity contribution in [3.05, 3.63) is 35.1 Å². The third-order valence-corrected chi connectivity index (χ3v) is 4.26. The largest absolute Gasteiger partial charge is 0.484 e. The molecule has 6 nitrogen and oxygen atoms in total. The molecule has 0 N–H and O–H groups in total. The third kappa shape index (κ3) is 4.14. The fraction of sp³-hybridized carbons (Fsp3) is 0.357. The predicted octanol–water partition coefficient (Wildman–Crippen LogP) is 2.23. The highest BCUT2D eigenvalue weighted by atomic mass is 35.5. The van der Waals surface area contributed by atoms with Crippen molar-refractivity contribution < 1.29 is 9.53 Å². The Hall–Kier alpha value is -1.73. The van der Waals surface area contributed by atoms with E-state index >= 15 is 0 Å². The second kappa shape index (κ2) is 7.51. The fourth-order valence-corrected chi connectivity index (χ4v) is 2.65. The van der Waals surface area contributed by atoms with Crippen LogP contribution in [0.1, 0.15) is 5.82 Å². The average Bonchev–Trinajstić information content (AvgIpc) is 2.84. The lowest BCUT2D eigenvalue weighted by molar-refractivity contribution is -0.125. The van der Waals surface area contributed by atoms with Crippen LogP contribution in [0.3, 0.4) is 0 Å². The first-order valence-electron chi connectivity index (χ1n) is 6.57. The summed E-state index contributed by atoms with van der Waals surface area (Å²) in [5, 5.41) is 9.38. The van der Waals surface area contributed by atoms with E-state index in [2.05, 4.69) is 10.2 Å². The Morgan fingerprint density at radius 1 is 1.36 bits per heavy atom. The van der Waals surface area contributed by atoms with Crippen LogP contribution in [0.4, 0.5) is 0 Å².